The van der Waals surface area contributed by atoms with Crippen LogP contribution in [0.4, 0.5) is 5.95 Å². The Morgan fingerprint density at radius 3 is 2.44 bits per heavy atom. The maximum Gasteiger partial charge on any atom is 0.344 e. The van der Waals surface area contributed by atoms with Crippen molar-refractivity contribution in [3.05, 3.63) is 112 Å². The van der Waals surface area contributed by atoms with Crippen molar-refractivity contribution < 1.29 is 38.4 Å². The molecule has 1 saturated heterocycles. The number of esters is 2. The molecule has 1 aliphatic rings. The van der Waals surface area contributed by atoms with E-state index < -0.39 is 41.8 Å². The lowest BCUT2D eigenvalue weighted by atomic mass is 9.87. The normalized spacial score (nSPS) is 16.9. The fourth-order valence-corrected chi connectivity index (χ4v) is 5.48. The van der Waals surface area contributed by atoms with Crippen LogP contribution in [0.3, 0.4) is 0 Å². The lowest BCUT2D eigenvalue weighted by Gasteiger charge is -2.19. The van der Waals surface area contributed by atoms with E-state index in [2.05, 4.69) is 41.0 Å². The first-order valence-corrected chi connectivity index (χ1v) is 16.2. The summed E-state index contributed by atoms with van der Waals surface area (Å²) >= 11 is 0. The van der Waals surface area contributed by atoms with Gasteiger partial charge in [0.25, 0.3) is 11.5 Å². The smallest absolute Gasteiger partial charge is 0.344 e. The lowest BCUT2D eigenvalue weighted by molar-refractivity contribution is -0.118. The predicted octanol–water partition coefficient (Wildman–Crippen LogP) is 4.03. The number of anilines is 1. The Balaban J connectivity index is 1.08. The number of aliphatic hydroxyl groups excluding tert-OH is 1. The van der Waals surface area contributed by atoms with E-state index in [4.69, 9.17) is 18.9 Å². The van der Waals surface area contributed by atoms with Crippen molar-refractivity contribution >= 4 is 35.0 Å². The average Bonchev–Trinajstić information content (AvgIpc) is 3.72. The van der Waals surface area contributed by atoms with E-state index in [9.17, 15) is 29.5 Å². The molecule has 5 aromatic rings. The fraction of sp³-hybridized carbons (Fsp3) is 0.270. The van der Waals surface area contributed by atoms with Crippen molar-refractivity contribution in [2.75, 3.05) is 18.5 Å². The quantitative estimate of drug-likeness (QED) is 0.139. The maximum atomic E-state index is 13.1. The molecule has 52 heavy (non-hydrogen) atoms. The zero-order valence-electron chi connectivity index (χ0n) is 28.4. The molecule has 266 valence electrons. The molecule has 15 heteroatoms. The average molecular weight is 707 g/mol. The standard InChI is InChI=1S/C37H34N6O9/c1-37(2,3)22-12-14-23(15-13-22)49-19-29(45)40-36-41-32-31(33(46)42-36)39-20-43(32)30-16-26(44)28(51-30)18-50-34(47)24-9-5-6-10-25(24)35(48)52-27-11-7-4-8-21(27)17-38/h4-15,20,26,28,30,44H,16,18-19H2,1-3H3,(H2,40,41,42,45,46)/t26-,28+,30+/m0/s1. The molecule has 0 bridgehead atoms. The molecule has 0 spiro atoms. The van der Waals surface area contributed by atoms with Crippen molar-refractivity contribution in [2.24, 2.45) is 0 Å². The Kier molecular flexibility index (Phi) is 10.1. The van der Waals surface area contributed by atoms with Gasteiger partial charge in [-0.05, 0) is 47.4 Å². The Bertz CT molecular complexity index is 2230. The van der Waals surface area contributed by atoms with Crippen LogP contribution in [0.5, 0.6) is 11.5 Å². The number of hydrogen-bond donors (Lipinski definition) is 3. The van der Waals surface area contributed by atoms with E-state index in [-0.39, 0.29) is 64.6 Å². The monoisotopic (exact) mass is 706 g/mol. The van der Waals surface area contributed by atoms with Crippen LogP contribution >= 0.6 is 0 Å². The first-order valence-electron chi connectivity index (χ1n) is 16.2. The Hall–Kier alpha value is -6.37. The van der Waals surface area contributed by atoms with Crippen LogP contribution < -0.4 is 20.3 Å². The number of rotatable bonds is 10. The van der Waals surface area contributed by atoms with E-state index in [1.54, 1.807) is 36.4 Å². The summed E-state index contributed by atoms with van der Waals surface area (Å²) in [6, 6.07) is 21.4. The third-order valence-corrected chi connectivity index (χ3v) is 8.25. The number of amides is 1. The molecule has 1 fully saturated rings. The molecule has 2 aromatic heterocycles. The van der Waals surface area contributed by atoms with Gasteiger partial charge in [-0.25, -0.2) is 14.6 Å². The van der Waals surface area contributed by atoms with Gasteiger partial charge in [-0.2, -0.15) is 10.2 Å². The summed E-state index contributed by atoms with van der Waals surface area (Å²) in [7, 11) is 0. The summed E-state index contributed by atoms with van der Waals surface area (Å²) in [6.45, 7) is 5.56. The van der Waals surface area contributed by atoms with Gasteiger partial charge in [0.1, 0.15) is 36.5 Å². The van der Waals surface area contributed by atoms with Crippen LogP contribution in [0.15, 0.2) is 83.9 Å². The Morgan fingerprint density at radius 2 is 1.73 bits per heavy atom. The molecule has 3 aromatic carbocycles. The van der Waals surface area contributed by atoms with E-state index in [0.29, 0.717) is 5.75 Å². The molecular formula is C37H34N6O9. The number of imidazole rings is 1. The SMILES string of the molecule is CC(C)(C)c1ccc(OCC(=O)Nc2nc3c(ncn3[C@H]3C[C@H](O)[C@@H](COC(=O)c4ccccc4C(=O)Oc4ccccc4C#N)O3)c(=O)[nH]2)cc1. The maximum absolute atomic E-state index is 13.1. The zero-order chi connectivity index (χ0) is 37.0. The number of nitrogens with zero attached hydrogens (tertiary/aromatic N) is 4. The number of carbonyl (C=O) groups is 3. The van der Waals surface area contributed by atoms with E-state index >= 15 is 0 Å². The number of nitriles is 1. The predicted molar refractivity (Wildman–Crippen MR) is 185 cm³/mol. The topological polar surface area (TPSA) is 208 Å². The largest absolute Gasteiger partial charge is 0.484 e. The highest BCUT2D eigenvalue weighted by molar-refractivity contribution is 6.03. The first-order chi connectivity index (χ1) is 24.9. The number of nitrogens with one attached hydrogen (secondary N) is 2. The van der Waals surface area contributed by atoms with Crippen molar-refractivity contribution in [3.8, 4) is 17.6 Å². The number of aromatic amines is 1. The molecule has 3 N–H and O–H groups in total. The highest BCUT2D eigenvalue weighted by Gasteiger charge is 2.37. The highest BCUT2D eigenvalue weighted by Crippen LogP contribution is 2.31. The zero-order valence-corrected chi connectivity index (χ0v) is 28.4. The number of H-pyrrole nitrogens is 1. The van der Waals surface area contributed by atoms with Crippen LogP contribution in [0, 0.1) is 11.3 Å². The molecule has 0 saturated carbocycles. The van der Waals surface area contributed by atoms with Gasteiger partial charge in [0.15, 0.2) is 17.8 Å². The van der Waals surface area contributed by atoms with Gasteiger partial charge in [0, 0.05) is 6.42 Å². The summed E-state index contributed by atoms with van der Waals surface area (Å²) in [5.41, 5.74) is 0.491. The molecule has 0 radical (unpaired) electrons. The van der Waals surface area contributed by atoms with Crippen LogP contribution in [-0.2, 0) is 19.7 Å². The number of aromatic nitrogens is 4. The fourth-order valence-electron chi connectivity index (χ4n) is 5.48. The summed E-state index contributed by atoms with van der Waals surface area (Å²) < 4.78 is 23.8. The number of aliphatic hydroxyl groups is 1. The van der Waals surface area contributed by atoms with Crippen LogP contribution in [0.1, 0.15) is 65.3 Å². The third kappa shape index (κ3) is 7.83. The van der Waals surface area contributed by atoms with E-state index in [1.165, 1.54) is 35.2 Å². The van der Waals surface area contributed by atoms with Crippen molar-refractivity contribution in [1.82, 2.24) is 19.5 Å². The van der Waals surface area contributed by atoms with Crippen molar-refractivity contribution in [3.63, 3.8) is 0 Å². The van der Waals surface area contributed by atoms with Gasteiger partial charge < -0.3 is 24.1 Å². The summed E-state index contributed by atoms with van der Waals surface area (Å²) in [4.78, 5) is 62.5. The summed E-state index contributed by atoms with van der Waals surface area (Å²) in [5.74, 6) is -1.90. The highest BCUT2D eigenvalue weighted by atomic mass is 16.6. The van der Waals surface area contributed by atoms with E-state index in [1.807, 2.05) is 18.2 Å². The molecule has 0 unspecified atom stereocenters. The van der Waals surface area contributed by atoms with Crippen LogP contribution in [0.25, 0.3) is 11.2 Å². The van der Waals surface area contributed by atoms with Gasteiger partial charge in [-0.15, -0.1) is 0 Å². The third-order valence-electron chi connectivity index (χ3n) is 8.25. The molecule has 1 amide bonds. The number of hydrogen-bond acceptors (Lipinski definition) is 12. The molecule has 1 aliphatic heterocycles. The molecular weight excluding hydrogens is 672 g/mol. The van der Waals surface area contributed by atoms with Gasteiger partial charge in [0.2, 0.25) is 5.95 Å². The number of carbonyl (C=O) groups excluding carboxylic acids is 3. The van der Waals surface area contributed by atoms with Gasteiger partial charge in [0.05, 0.1) is 29.1 Å². The molecule has 6 rings (SSSR count). The number of fused-ring (bicyclic) bond motifs is 1. The summed E-state index contributed by atoms with van der Waals surface area (Å²) in [5, 5.41) is 22.6. The summed E-state index contributed by atoms with van der Waals surface area (Å²) in [6.07, 6.45) is -1.57. The first kappa shape index (κ1) is 35.5. The molecule has 3 heterocycles. The molecule has 3 atom stereocenters. The second kappa shape index (κ2) is 14.9. The van der Waals surface area contributed by atoms with Gasteiger partial charge in [-0.1, -0.05) is 57.2 Å². The van der Waals surface area contributed by atoms with Crippen LogP contribution in [0.2, 0.25) is 0 Å². The number of benzene rings is 3. The van der Waals surface area contributed by atoms with Crippen LogP contribution in [-0.4, -0.2) is 67.9 Å². The second-order valence-electron chi connectivity index (χ2n) is 12.9. The van der Waals surface area contributed by atoms with E-state index in [0.717, 1.165) is 5.56 Å². The minimum atomic E-state index is -1.09. The minimum Gasteiger partial charge on any atom is -0.484 e. The van der Waals surface area contributed by atoms with Gasteiger partial charge in [-0.3, -0.25) is 24.5 Å². The Morgan fingerprint density at radius 1 is 1.04 bits per heavy atom. The van der Waals surface area contributed by atoms with Gasteiger partial charge >= 0.3 is 11.9 Å². The number of para-hydroxylation sites is 1. The Labute approximate surface area is 296 Å². The minimum absolute atomic E-state index is 0.0259. The molecule has 0 aliphatic carbocycles. The second-order valence-corrected chi connectivity index (χ2v) is 12.9. The molecule has 15 nitrogen and oxygen atoms in total. The number of ether oxygens (including phenoxy) is 4. The van der Waals surface area contributed by atoms with Crippen molar-refractivity contribution in [1.29, 1.82) is 5.26 Å². The lowest BCUT2D eigenvalue weighted by Crippen LogP contribution is -2.28. The van der Waals surface area contributed by atoms with Crippen molar-refractivity contribution in [2.45, 2.75) is 51.0 Å².